The highest BCUT2D eigenvalue weighted by Crippen LogP contribution is 2.34. The summed E-state index contributed by atoms with van der Waals surface area (Å²) in [7, 11) is 0. The standard InChI is InChI=1S/C15H14BrN3O/c1-2-20-12-6-4-3-5-11(12)14-15(17)19-9-10(16)7-8-13(19)18-14/h3-9H,2,17H2,1H3. The van der Waals surface area contributed by atoms with Crippen LogP contribution >= 0.6 is 15.9 Å². The van der Waals surface area contributed by atoms with E-state index in [1.807, 2.05) is 53.9 Å². The summed E-state index contributed by atoms with van der Waals surface area (Å²) in [6.07, 6.45) is 1.91. The van der Waals surface area contributed by atoms with Crippen molar-refractivity contribution in [3.8, 4) is 17.0 Å². The number of rotatable bonds is 3. The van der Waals surface area contributed by atoms with Gasteiger partial charge in [-0.1, -0.05) is 12.1 Å². The molecule has 3 aromatic rings. The molecule has 3 rings (SSSR count). The normalized spacial score (nSPS) is 10.9. The highest BCUT2D eigenvalue weighted by molar-refractivity contribution is 9.10. The number of nitrogen functional groups attached to an aromatic ring is 1. The molecule has 0 unspecified atom stereocenters. The van der Waals surface area contributed by atoms with Crippen molar-refractivity contribution in [1.29, 1.82) is 0 Å². The predicted octanol–water partition coefficient (Wildman–Crippen LogP) is 3.74. The molecule has 0 amide bonds. The minimum absolute atomic E-state index is 0.605. The van der Waals surface area contributed by atoms with E-state index in [4.69, 9.17) is 10.5 Å². The molecule has 0 bridgehead atoms. The van der Waals surface area contributed by atoms with Crippen molar-refractivity contribution in [2.24, 2.45) is 0 Å². The van der Waals surface area contributed by atoms with Crippen LogP contribution in [0.3, 0.4) is 0 Å². The van der Waals surface area contributed by atoms with Crippen LogP contribution < -0.4 is 10.5 Å². The van der Waals surface area contributed by atoms with Gasteiger partial charge in [0, 0.05) is 16.2 Å². The molecule has 20 heavy (non-hydrogen) atoms. The predicted molar refractivity (Wildman–Crippen MR) is 83.9 cm³/mol. The molecule has 102 valence electrons. The maximum absolute atomic E-state index is 6.23. The molecule has 2 N–H and O–H groups in total. The number of hydrogen-bond acceptors (Lipinski definition) is 3. The summed E-state index contributed by atoms with van der Waals surface area (Å²) < 4.78 is 8.47. The third kappa shape index (κ3) is 2.14. The second kappa shape index (κ2) is 5.17. The van der Waals surface area contributed by atoms with Crippen molar-refractivity contribution in [2.75, 3.05) is 12.3 Å². The number of imidazole rings is 1. The van der Waals surface area contributed by atoms with Gasteiger partial charge in [-0.05, 0) is 47.1 Å². The zero-order valence-electron chi connectivity index (χ0n) is 11.0. The average molecular weight is 332 g/mol. The summed E-state index contributed by atoms with van der Waals surface area (Å²) in [6, 6.07) is 11.7. The van der Waals surface area contributed by atoms with Gasteiger partial charge in [-0.25, -0.2) is 4.98 Å². The molecular weight excluding hydrogens is 318 g/mol. The van der Waals surface area contributed by atoms with Crippen molar-refractivity contribution in [2.45, 2.75) is 6.92 Å². The molecule has 0 saturated carbocycles. The number of benzene rings is 1. The van der Waals surface area contributed by atoms with Gasteiger partial charge in [0.25, 0.3) is 0 Å². The van der Waals surface area contributed by atoms with Crippen molar-refractivity contribution < 1.29 is 4.74 Å². The Bertz CT molecular complexity index is 767. The van der Waals surface area contributed by atoms with E-state index in [1.54, 1.807) is 0 Å². The van der Waals surface area contributed by atoms with E-state index in [2.05, 4.69) is 20.9 Å². The van der Waals surface area contributed by atoms with Crippen molar-refractivity contribution in [3.05, 3.63) is 47.1 Å². The number of pyridine rings is 1. The van der Waals surface area contributed by atoms with Crippen LogP contribution in [0, 0.1) is 0 Å². The Balaban J connectivity index is 2.22. The van der Waals surface area contributed by atoms with Gasteiger partial charge in [0.2, 0.25) is 0 Å². The summed E-state index contributed by atoms with van der Waals surface area (Å²) in [6.45, 7) is 2.57. The van der Waals surface area contributed by atoms with Gasteiger partial charge in [-0.2, -0.15) is 0 Å². The molecule has 0 spiro atoms. The lowest BCUT2D eigenvalue weighted by molar-refractivity contribution is 0.341. The number of nitrogens with two attached hydrogens (primary N) is 1. The SMILES string of the molecule is CCOc1ccccc1-c1nc2ccc(Br)cn2c1N. The van der Waals surface area contributed by atoms with Crippen LogP contribution in [-0.4, -0.2) is 16.0 Å². The minimum atomic E-state index is 0.605. The molecular formula is C15H14BrN3O. The molecule has 0 atom stereocenters. The Kier molecular flexibility index (Phi) is 3.36. The summed E-state index contributed by atoms with van der Waals surface area (Å²) >= 11 is 3.44. The topological polar surface area (TPSA) is 52.5 Å². The van der Waals surface area contributed by atoms with Gasteiger partial charge >= 0.3 is 0 Å². The number of halogens is 1. The second-order valence-corrected chi connectivity index (χ2v) is 5.27. The van der Waals surface area contributed by atoms with Gasteiger partial charge in [0.15, 0.2) is 0 Å². The molecule has 0 fully saturated rings. The number of para-hydroxylation sites is 1. The summed E-state index contributed by atoms with van der Waals surface area (Å²) in [5.74, 6) is 1.40. The molecule has 0 saturated heterocycles. The van der Waals surface area contributed by atoms with Crippen LogP contribution in [0.2, 0.25) is 0 Å². The number of aromatic nitrogens is 2. The molecule has 5 heteroatoms. The average Bonchev–Trinajstić information content (AvgIpc) is 2.77. The molecule has 0 radical (unpaired) electrons. The van der Waals surface area contributed by atoms with Crippen LogP contribution in [0.25, 0.3) is 16.9 Å². The first-order chi connectivity index (χ1) is 9.70. The number of anilines is 1. The zero-order valence-corrected chi connectivity index (χ0v) is 12.6. The molecule has 0 aliphatic carbocycles. The highest BCUT2D eigenvalue weighted by atomic mass is 79.9. The fraction of sp³-hybridized carbons (Fsp3) is 0.133. The van der Waals surface area contributed by atoms with E-state index in [9.17, 15) is 0 Å². The molecule has 0 aliphatic heterocycles. The lowest BCUT2D eigenvalue weighted by atomic mass is 10.1. The smallest absolute Gasteiger partial charge is 0.139 e. The van der Waals surface area contributed by atoms with Crippen molar-refractivity contribution in [1.82, 2.24) is 9.38 Å². The lowest BCUT2D eigenvalue weighted by Crippen LogP contribution is -1.97. The second-order valence-electron chi connectivity index (χ2n) is 4.35. The van der Waals surface area contributed by atoms with Gasteiger partial charge in [-0.3, -0.25) is 4.40 Å². The monoisotopic (exact) mass is 331 g/mol. The van der Waals surface area contributed by atoms with Gasteiger partial charge in [-0.15, -0.1) is 0 Å². The van der Waals surface area contributed by atoms with E-state index in [0.29, 0.717) is 12.4 Å². The van der Waals surface area contributed by atoms with Crippen molar-refractivity contribution in [3.63, 3.8) is 0 Å². The summed E-state index contributed by atoms with van der Waals surface area (Å²) in [4.78, 5) is 4.60. The maximum atomic E-state index is 6.23. The van der Waals surface area contributed by atoms with E-state index < -0.39 is 0 Å². The Hall–Kier alpha value is -2.01. The van der Waals surface area contributed by atoms with Crippen LogP contribution in [0.15, 0.2) is 47.1 Å². The van der Waals surface area contributed by atoms with E-state index >= 15 is 0 Å². The Morgan fingerprint density at radius 2 is 2.05 bits per heavy atom. The summed E-state index contributed by atoms with van der Waals surface area (Å²) in [5, 5.41) is 0. The summed E-state index contributed by atoms with van der Waals surface area (Å²) in [5.41, 5.74) is 8.69. The lowest BCUT2D eigenvalue weighted by Gasteiger charge is -2.08. The number of nitrogens with zero attached hydrogens (tertiary/aromatic N) is 2. The van der Waals surface area contributed by atoms with Crippen LogP contribution in [0.1, 0.15) is 6.92 Å². The van der Waals surface area contributed by atoms with Gasteiger partial charge < -0.3 is 10.5 Å². The number of fused-ring (bicyclic) bond motifs is 1. The van der Waals surface area contributed by atoms with E-state index in [1.165, 1.54) is 0 Å². The Morgan fingerprint density at radius 1 is 1.25 bits per heavy atom. The van der Waals surface area contributed by atoms with E-state index in [-0.39, 0.29) is 0 Å². The first-order valence-corrected chi connectivity index (χ1v) is 7.15. The van der Waals surface area contributed by atoms with Gasteiger partial charge in [0.05, 0.1) is 6.61 Å². The van der Waals surface area contributed by atoms with Gasteiger partial charge in [0.1, 0.15) is 22.9 Å². The first-order valence-electron chi connectivity index (χ1n) is 6.36. The maximum Gasteiger partial charge on any atom is 0.139 e. The van der Waals surface area contributed by atoms with Crippen molar-refractivity contribution >= 4 is 27.4 Å². The Labute approximate surface area is 125 Å². The third-order valence-corrected chi connectivity index (χ3v) is 3.53. The zero-order chi connectivity index (χ0) is 14.1. The minimum Gasteiger partial charge on any atom is -0.493 e. The largest absolute Gasteiger partial charge is 0.493 e. The number of hydrogen-bond donors (Lipinski definition) is 1. The first kappa shape index (κ1) is 13.0. The van der Waals surface area contributed by atoms with Crippen LogP contribution in [-0.2, 0) is 0 Å². The van der Waals surface area contributed by atoms with E-state index in [0.717, 1.165) is 27.1 Å². The fourth-order valence-electron chi connectivity index (χ4n) is 2.18. The highest BCUT2D eigenvalue weighted by Gasteiger charge is 2.15. The quantitative estimate of drug-likeness (QED) is 0.795. The molecule has 1 aromatic carbocycles. The molecule has 4 nitrogen and oxygen atoms in total. The third-order valence-electron chi connectivity index (χ3n) is 3.06. The fourth-order valence-corrected chi connectivity index (χ4v) is 2.52. The van der Waals surface area contributed by atoms with Crippen LogP contribution in [0.4, 0.5) is 5.82 Å². The molecule has 2 heterocycles. The Morgan fingerprint density at radius 3 is 2.85 bits per heavy atom. The molecule has 2 aromatic heterocycles. The molecule has 0 aliphatic rings. The van der Waals surface area contributed by atoms with Crippen LogP contribution in [0.5, 0.6) is 5.75 Å². The number of ether oxygens (including phenoxy) is 1.